The van der Waals surface area contributed by atoms with Crippen LogP contribution in [-0.2, 0) is 6.54 Å². The molecule has 0 saturated heterocycles. The van der Waals surface area contributed by atoms with Crippen LogP contribution in [0.25, 0.3) is 0 Å². The molecule has 3 rings (SSSR count). The van der Waals surface area contributed by atoms with Gasteiger partial charge in [0.1, 0.15) is 17.4 Å². The van der Waals surface area contributed by atoms with E-state index in [-0.39, 0.29) is 0 Å². The zero-order chi connectivity index (χ0) is 23.8. The minimum atomic E-state index is 0.730. The lowest BCUT2D eigenvalue weighted by Crippen LogP contribution is -2.34. The summed E-state index contributed by atoms with van der Waals surface area (Å²) < 4.78 is 5.35. The second-order valence-corrected chi connectivity index (χ2v) is 8.47. The fourth-order valence-electron chi connectivity index (χ4n) is 3.49. The molecule has 176 valence electrons. The third-order valence-electron chi connectivity index (χ3n) is 5.49. The highest BCUT2D eigenvalue weighted by molar-refractivity contribution is 5.62. The number of anilines is 4. The largest absolute Gasteiger partial charge is 0.497 e. The second kappa shape index (κ2) is 11.5. The number of nitrogens with zero attached hydrogens (tertiary/aromatic N) is 5. The highest BCUT2D eigenvalue weighted by Gasteiger charge is 2.14. The van der Waals surface area contributed by atoms with Gasteiger partial charge in [0.05, 0.1) is 7.11 Å². The van der Waals surface area contributed by atoms with Crippen molar-refractivity contribution in [2.24, 2.45) is 0 Å². The fourth-order valence-corrected chi connectivity index (χ4v) is 3.49. The Bertz CT molecular complexity index is 1020. The highest BCUT2D eigenvalue weighted by Crippen LogP contribution is 2.23. The van der Waals surface area contributed by atoms with Gasteiger partial charge in [0.2, 0.25) is 5.95 Å². The molecule has 7 nitrogen and oxygen atoms in total. The summed E-state index contributed by atoms with van der Waals surface area (Å²) in [7, 11) is 7.83. The zero-order valence-corrected chi connectivity index (χ0v) is 20.7. The number of aromatic nitrogens is 2. The molecule has 0 spiro atoms. The number of hydrogen-bond donors (Lipinski definition) is 1. The summed E-state index contributed by atoms with van der Waals surface area (Å²) >= 11 is 0. The smallest absolute Gasteiger partial charge is 0.229 e. The first-order valence-corrected chi connectivity index (χ1v) is 11.3. The van der Waals surface area contributed by atoms with E-state index in [1.54, 1.807) is 7.11 Å². The van der Waals surface area contributed by atoms with Crippen LogP contribution in [0.2, 0.25) is 0 Å². The summed E-state index contributed by atoms with van der Waals surface area (Å²) in [6, 6.07) is 18.5. The average molecular weight is 449 g/mol. The normalized spacial score (nSPS) is 10.9. The summed E-state index contributed by atoms with van der Waals surface area (Å²) in [6.07, 6.45) is 0. The Morgan fingerprint density at radius 3 is 2.36 bits per heavy atom. The van der Waals surface area contributed by atoms with Crippen molar-refractivity contribution < 1.29 is 4.74 Å². The molecule has 7 heteroatoms. The molecule has 1 aromatic heterocycles. The van der Waals surface area contributed by atoms with E-state index in [9.17, 15) is 0 Å². The van der Waals surface area contributed by atoms with Crippen molar-refractivity contribution in [2.45, 2.75) is 20.4 Å². The quantitative estimate of drug-likeness (QED) is 0.461. The van der Waals surface area contributed by atoms with Crippen LogP contribution >= 0.6 is 0 Å². The maximum atomic E-state index is 5.35. The molecule has 0 saturated carbocycles. The van der Waals surface area contributed by atoms with Crippen molar-refractivity contribution in [3.63, 3.8) is 0 Å². The van der Waals surface area contributed by atoms with E-state index in [4.69, 9.17) is 14.7 Å². The SMILES string of the molecule is CCN(CCN(C)Cc1cccc(OC)c1)c1nc(Nc2ccc(C)cc2)cc(N(C)C)n1. The van der Waals surface area contributed by atoms with Crippen molar-refractivity contribution >= 4 is 23.3 Å². The molecule has 0 aliphatic heterocycles. The summed E-state index contributed by atoms with van der Waals surface area (Å²) in [5.41, 5.74) is 3.47. The van der Waals surface area contributed by atoms with Gasteiger partial charge in [0.15, 0.2) is 0 Å². The molecule has 0 atom stereocenters. The summed E-state index contributed by atoms with van der Waals surface area (Å²) in [5.74, 6) is 3.28. The number of methoxy groups -OCH3 is 1. The Balaban J connectivity index is 1.71. The summed E-state index contributed by atoms with van der Waals surface area (Å²) in [4.78, 5) is 16.2. The molecular weight excluding hydrogens is 412 g/mol. The lowest BCUT2D eigenvalue weighted by Gasteiger charge is -2.26. The van der Waals surface area contributed by atoms with Crippen LogP contribution in [0.15, 0.2) is 54.6 Å². The Morgan fingerprint density at radius 1 is 0.939 bits per heavy atom. The highest BCUT2D eigenvalue weighted by atomic mass is 16.5. The average Bonchev–Trinajstić information content (AvgIpc) is 2.81. The van der Waals surface area contributed by atoms with Crippen LogP contribution in [0.1, 0.15) is 18.1 Å². The molecule has 0 aliphatic rings. The number of nitrogens with one attached hydrogen (secondary N) is 1. The van der Waals surface area contributed by atoms with Crippen LogP contribution in [-0.4, -0.2) is 62.8 Å². The predicted octanol–water partition coefficient (Wildman–Crippen LogP) is 4.56. The standard InChI is InChI=1S/C26H36N6O/c1-7-32(16-15-31(5)19-21-9-8-10-23(17-21)33-6)26-28-24(18-25(29-26)30(3)4)27-22-13-11-20(2)12-14-22/h8-14,17-18H,7,15-16,19H2,1-6H3,(H,27,28,29). The Labute approximate surface area is 198 Å². The Hall–Kier alpha value is -3.32. The van der Waals surface area contributed by atoms with E-state index in [0.29, 0.717) is 0 Å². The summed E-state index contributed by atoms with van der Waals surface area (Å²) in [5, 5.41) is 3.43. The van der Waals surface area contributed by atoms with E-state index in [0.717, 1.165) is 55.2 Å². The van der Waals surface area contributed by atoms with Crippen molar-refractivity contribution in [3.8, 4) is 5.75 Å². The number of aryl methyl sites for hydroxylation is 1. The van der Waals surface area contributed by atoms with E-state index in [1.807, 2.05) is 37.2 Å². The van der Waals surface area contributed by atoms with Crippen LogP contribution in [0.4, 0.5) is 23.3 Å². The van der Waals surface area contributed by atoms with Gasteiger partial charge >= 0.3 is 0 Å². The number of rotatable bonds is 11. The predicted molar refractivity (Wildman–Crippen MR) is 138 cm³/mol. The first-order chi connectivity index (χ1) is 15.9. The molecule has 0 unspecified atom stereocenters. The van der Waals surface area contributed by atoms with E-state index >= 15 is 0 Å². The monoisotopic (exact) mass is 448 g/mol. The molecule has 0 fully saturated rings. The molecule has 2 aromatic carbocycles. The molecule has 1 heterocycles. The molecular formula is C26H36N6O. The minimum absolute atomic E-state index is 0.730. The first kappa shape index (κ1) is 24.3. The van der Waals surface area contributed by atoms with Gasteiger partial charge < -0.3 is 24.8 Å². The number of ether oxygens (including phenoxy) is 1. The number of likely N-dealkylation sites (N-methyl/N-ethyl adjacent to an activating group) is 2. The van der Waals surface area contributed by atoms with Crippen LogP contribution in [0, 0.1) is 6.92 Å². The fraction of sp³-hybridized carbons (Fsp3) is 0.385. The first-order valence-electron chi connectivity index (χ1n) is 11.3. The maximum Gasteiger partial charge on any atom is 0.229 e. The van der Waals surface area contributed by atoms with Crippen LogP contribution < -0.4 is 19.9 Å². The van der Waals surface area contributed by atoms with Crippen LogP contribution in [0.3, 0.4) is 0 Å². The lowest BCUT2D eigenvalue weighted by atomic mass is 10.2. The maximum absolute atomic E-state index is 5.35. The van der Waals surface area contributed by atoms with Gasteiger partial charge in [-0.15, -0.1) is 0 Å². The molecule has 0 radical (unpaired) electrons. The van der Waals surface area contributed by atoms with Crippen molar-refractivity contribution in [1.82, 2.24) is 14.9 Å². The van der Waals surface area contributed by atoms with E-state index in [1.165, 1.54) is 11.1 Å². The molecule has 0 bridgehead atoms. The lowest BCUT2D eigenvalue weighted by molar-refractivity contribution is 0.331. The van der Waals surface area contributed by atoms with E-state index < -0.39 is 0 Å². The van der Waals surface area contributed by atoms with Gasteiger partial charge in [-0.25, -0.2) is 0 Å². The van der Waals surface area contributed by atoms with Crippen molar-refractivity contribution in [2.75, 3.05) is 63.0 Å². The minimum Gasteiger partial charge on any atom is -0.497 e. The second-order valence-electron chi connectivity index (χ2n) is 8.47. The third kappa shape index (κ3) is 7.08. The third-order valence-corrected chi connectivity index (χ3v) is 5.49. The van der Waals surface area contributed by atoms with Gasteiger partial charge in [0.25, 0.3) is 0 Å². The number of hydrogen-bond acceptors (Lipinski definition) is 7. The van der Waals surface area contributed by atoms with Gasteiger partial charge in [-0.2, -0.15) is 9.97 Å². The molecule has 33 heavy (non-hydrogen) atoms. The molecule has 3 aromatic rings. The van der Waals surface area contributed by atoms with E-state index in [2.05, 4.69) is 72.4 Å². The molecule has 1 N–H and O–H groups in total. The zero-order valence-electron chi connectivity index (χ0n) is 20.7. The van der Waals surface area contributed by atoms with Crippen molar-refractivity contribution in [3.05, 3.63) is 65.7 Å². The molecule has 0 amide bonds. The van der Waals surface area contributed by atoms with Crippen LogP contribution in [0.5, 0.6) is 5.75 Å². The Morgan fingerprint density at radius 2 is 1.70 bits per heavy atom. The molecule has 0 aliphatic carbocycles. The van der Waals surface area contributed by atoms with Gasteiger partial charge in [-0.3, -0.25) is 0 Å². The van der Waals surface area contributed by atoms with Crippen molar-refractivity contribution in [1.29, 1.82) is 0 Å². The topological polar surface area (TPSA) is 56.8 Å². The number of benzene rings is 2. The van der Waals surface area contributed by atoms with Gasteiger partial charge in [-0.05, 0) is 50.7 Å². The Kier molecular flexibility index (Phi) is 8.49. The van der Waals surface area contributed by atoms with Gasteiger partial charge in [-0.1, -0.05) is 29.8 Å². The van der Waals surface area contributed by atoms with Gasteiger partial charge in [0, 0.05) is 52.0 Å². The summed E-state index contributed by atoms with van der Waals surface area (Å²) in [6.45, 7) is 7.63.